The van der Waals surface area contributed by atoms with Crippen LogP contribution in [0.25, 0.3) is 11.4 Å². The highest BCUT2D eigenvalue weighted by Gasteiger charge is 2.30. The number of fused-ring (bicyclic) bond motifs is 3. The van der Waals surface area contributed by atoms with Gasteiger partial charge in [0.2, 0.25) is 0 Å². The maximum atomic E-state index is 5.94. The van der Waals surface area contributed by atoms with Crippen molar-refractivity contribution in [3.63, 3.8) is 0 Å². The lowest BCUT2D eigenvalue weighted by Crippen LogP contribution is -2.32. The number of benzene rings is 1. The topological polar surface area (TPSA) is 66.0 Å². The second-order valence-corrected chi connectivity index (χ2v) is 4.85. The van der Waals surface area contributed by atoms with Gasteiger partial charge in [-0.1, -0.05) is 6.07 Å². The van der Waals surface area contributed by atoms with Crippen molar-refractivity contribution in [2.75, 3.05) is 12.3 Å². The molecule has 0 amide bonds. The van der Waals surface area contributed by atoms with E-state index in [2.05, 4.69) is 24.0 Å². The molecule has 0 spiro atoms. The van der Waals surface area contributed by atoms with Crippen LogP contribution in [0.3, 0.4) is 0 Å². The fraction of sp³-hybridized carbons (Fsp3) is 0.333. The Bertz CT molecular complexity index is 574. The summed E-state index contributed by atoms with van der Waals surface area (Å²) in [4.78, 5) is 0. The van der Waals surface area contributed by atoms with E-state index in [1.807, 2.05) is 22.8 Å². The van der Waals surface area contributed by atoms with Crippen LogP contribution in [-0.4, -0.2) is 21.4 Å². The number of aromatic nitrogens is 3. The number of hydrogen-bond acceptors (Lipinski definition) is 4. The first-order valence-corrected chi connectivity index (χ1v) is 5.52. The van der Waals surface area contributed by atoms with Crippen molar-refractivity contribution in [2.24, 2.45) is 0 Å². The average molecular weight is 230 g/mol. The molecule has 5 nitrogen and oxygen atoms in total. The van der Waals surface area contributed by atoms with Crippen LogP contribution < -0.4 is 10.5 Å². The molecule has 2 aromatic rings. The zero-order chi connectivity index (χ0) is 12.0. The Morgan fingerprint density at radius 1 is 1.41 bits per heavy atom. The molecule has 1 aliphatic heterocycles. The Morgan fingerprint density at radius 2 is 2.24 bits per heavy atom. The van der Waals surface area contributed by atoms with Crippen molar-refractivity contribution in [3.8, 4) is 17.1 Å². The van der Waals surface area contributed by atoms with Gasteiger partial charge in [0.25, 0.3) is 0 Å². The van der Waals surface area contributed by atoms with Crippen LogP contribution in [0.4, 0.5) is 5.69 Å². The second kappa shape index (κ2) is 3.23. The molecule has 0 bridgehead atoms. The largest absolute Gasteiger partial charge is 0.488 e. The lowest BCUT2D eigenvalue weighted by molar-refractivity contribution is 0.193. The van der Waals surface area contributed by atoms with Gasteiger partial charge in [-0.05, 0) is 26.0 Å². The van der Waals surface area contributed by atoms with E-state index in [-0.39, 0.29) is 5.54 Å². The maximum Gasteiger partial charge on any atom is 0.168 e. The lowest BCUT2D eigenvalue weighted by atomic mass is 10.1. The molecule has 5 heteroatoms. The lowest BCUT2D eigenvalue weighted by Gasteiger charge is -2.24. The molecular weight excluding hydrogens is 216 g/mol. The number of ether oxygens (including phenoxy) is 1. The zero-order valence-corrected chi connectivity index (χ0v) is 9.84. The number of anilines is 1. The molecule has 1 aromatic heterocycles. The molecule has 0 unspecified atom stereocenters. The van der Waals surface area contributed by atoms with Crippen LogP contribution in [0.15, 0.2) is 24.5 Å². The molecule has 2 N–H and O–H groups in total. The standard InChI is InChI=1S/C12H14N4O/c1-12(2)6-17-10-8(4-3-5-9(10)13)11-15-14-7-16(11)12/h3-5,7H,6,13H2,1-2H3. The van der Waals surface area contributed by atoms with Crippen LogP contribution in [0.5, 0.6) is 5.75 Å². The Labute approximate surface area is 99.2 Å². The van der Waals surface area contributed by atoms with Crippen LogP contribution in [0.2, 0.25) is 0 Å². The van der Waals surface area contributed by atoms with Gasteiger partial charge in [-0.15, -0.1) is 10.2 Å². The molecule has 3 rings (SSSR count). The normalized spacial score (nSPS) is 16.6. The Morgan fingerprint density at radius 3 is 3.06 bits per heavy atom. The van der Waals surface area contributed by atoms with Gasteiger partial charge in [0.05, 0.1) is 16.8 Å². The van der Waals surface area contributed by atoms with Gasteiger partial charge in [-0.25, -0.2) is 0 Å². The minimum absolute atomic E-state index is 0.190. The number of nitrogens with two attached hydrogens (primary N) is 1. The van der Waals surface area contributed by atoms with Gasteiger partial charge >= 0.3 is 0 Å². The molecule has 0 saturated heterocycles. The molecule has 0 aliphatic carbocycles. The molecule has 0 atom stereocenters. The summed E-state index contributed by atoms with van der Waals surface area (Å²) >= 11 is 0. The van der Waals surface area contributed by atoms with E-state index in [1.54, 1.807) is 6.33 Å². The molecule has 0 saturated carbocycles. The van der Waals surface area contributed by atoms with Crippen LogP contribution in [0, 0.1) is 0 Å². The number of para-hydroxylation sites is 1. The summed E-state index contributed by atoms with van der Waals surface area (Å²) in [6.07, 6.45) is 1.73. The molecule has 17 heavy (non-hydrogen) atoms. The minimum atomic E-state index is -0.190. The predicted octanol–water partition coefficient (Wildman–Crippen LogP) is 1.65. The number of rotatable bonds is 0. The summed E-state index contributed by atoms with van der Waals surface area (Å²) in [6.45, 7) is 4.71. The maximum absolute atomic E-state index is 5.94. The van der Waals surface area contributed by atoms with Gasteiger partial charge in [0.1, 0.15) is 12.9 Å². The molecule has 0 fully saturated rings. The Kier molecular flexibility index (Phi) is 1.92. The van der Waals surface area contributed by atoms with Crippen molar-refractivity contribution in [1.82, 2.24) is 14.8 Å². The minimum Gasteiger partial charge on any atom is -0.488 e. The summed E-state index contributed by atoms with van der Waals surface area (Å²) in [5, 5.41) is 8.16. The molecule has 88 valence electrons. The third-order valence-electron chi connectivity index (χ3n) is 3.06. The quantitative estimate of drug-likeness (QED) is 0.699. The van der Waals surface area contributed by atoms with Crippen molar-refractivity contribution < 1.29 is 4.74 Å². The number of nitrogen functional groups attached to an aromatic ring is 1. The van der Waals surface area contributed by atoms with Crippen molar-refractivity contribution >= 4 is 5.69 Å². The fourth-order valence-corrected chi connectivity index (χ4v) is 2.07. The SMILES string of the molecule is CC1(C)COc2c(N)cccc2-c2nncn21. The highest BCUT2D eigenvalue weighted by Crippen LogP contribution is 2.38. The number of hydrogen-bond donors (Lipinski definition) is 1. The van der Waals surface area contributed by atoms with Crippen LogP contribution in [0.1, 0.15) is 13.8 Å². The van der Waals surface area contributed by atoms with Gasteiger partial charge < -0.3 is 15.0 Å². The summed E-state index contributed by atoms with van der Waals surface area (Å²) < 4.78 is 7.85. The van der Waals surface area contributed by atoms with E-state index in [0.717, 1.165) is 11.4 Å². The average Bonchev–Trinajstić information content (AvgIpc) is 2.73. The van der Waals surface area contributed by atoms with Crippen molar-refractivity contribution in [3.05, 3.63) is 24.5 Å². The van der Waals surface area contributed by atoms with Gasteiger partial charge in [-0.3, -0.25) is 0 Å². The molecular formula is C12H14N4O. The van der Waals surface area contributed by atoms with Crippen molar-refractivity contribution in [1.29, 1.82) is 0 Å². The highest BCUT2D eigenvalue weighted by atomic mass is 16.5. The van der Waals surface area contributed by atoms with Gasteiger partial charge in [0.15, 0.2) is 11.6 Å². The monoisotopic (exact) mass is 230 g/mol. The van der Waals surface area contributed by atoms with E-state index in [0.29, 0.717) is 18.0 Å². The first-order valence-electron chi connectivity index (χ1n) is 5.52. The van der Waals surface area contributed by atoms with E-state index in [1.165, 1.54) is 0 Å². The summed E-state index contributed by atoms with van der Waals surface area (Å²) in [5.74, 6) is 1.50. The van der Waals surface area contributed by atoms with Gasteiger partial charge in [0, 0.05) is 0 Å². The predicted molar refractivity (Wildman–Crippen MR) is 64.7 cm³/mol. The first kappa shape index (κ1) is 10.1. The van der Waals surface area contributed by atoms with Crippen molar-refractivity contribution in [2.45, 2.75) is 19.4 Å². The molecule has 0 radical (unpaired) electrons. The third-order valence-corrected chi connectivity index (χ3v) is 3.06. The molecule has 2 heterocycles. The first-order chi connectivity index (χ1) is 8.09. The fourth-order valence-electron chi connectivity index (χ4n) is 2.07. The van der Waals surface area contributed by atoms with Crippen LogP contribution >= 0.6 is 0 Å². The summed E-state index contributed by atoms with van der Waals surface area (Å²) in [5.41, 5.74) is 7.28. The smallest absolute Gasteiger partial charge is 0.168 e. The summed E-state index contributed by atoms with van der Waals surface area (Å²) in [7, 11) is 0. The Balaban J connectivity index is 2.31. The van der Waals surface area contributed by atoms with E-state index < -0.39 is 0 Å². The van der Waals surface area contributed by atoms with E-state index >= 15 is 0 Å². The third kappa shape index (κ3) is 1.39. The number of nitrogens with zero attached hydrogens (tertiary/aromatic N) is 3. The second-order valence-electron chi connectivity index (χ2n) is 4.85. The van der Waals surface area contributed by atoms with Gasteiger partial charge in [-0.2, -0.15) is 0 Å². The highest BCUT2D eigenvalue weighted by molar-refractivity contribution is 5.73. The van der Waals surface area contributed by atoms with Crippen LogP contribution in [-0.2, 0) is 5.54 Å². The zero-order valence-electron chi connectivity index (χ0n) is 9.84. The molecule has 1 aliphatic rings. The molecule has 1 aromatic carbocycles. The Hall–Kier alpha value is -2.04. The summed E-state index contributed by atoms with van der Waals surface area (Å²) in [6, 6.07) is 5.68. The van der Waals surface area contributed by atoms with E-state index in [9.17, 15) is 0 Å². The van der Waals surface area contributed by atoms with E-state index in [4.69, 9.17) is 10.5 Å².